The first-order valence-corrected chi connectivity index (χ1v) is 8.93. The van der Waals surface area contributed by atoms with Crippen molar-refractivity contribution in [2.75, 3.05) is 0 Å². The van der Waals surface area contributed by atoms with Gasteiger partial charge in [-0.15, -0.1) is 0 Å². The minimum Gasteiger partial charge on any atom is -0.0773 e. The van der Waals surface area contributed by atoms with E-state index >= 15 is 0 Å². The lowest BCUT2D eigenvalue weighted by molar-refractivity contribution is 0.371. The molecule has 0 saturated carbocycles. The first-order chi connectivity index (χ1) is 11.4. The van der Waals surface area contributed by atoms with E-state index in [1.807, 2.05) is 0 Å². The number of rotatable bonds is 5. The van der Waals surface area contributed by atoms with Crippen LogP contribution in [0.2, 0.25) is 0 Å². The van der Waals surface area contributed by atoms with Crippen LogP contribution in [0.25, 0.3) is 11.1 Å². The molecule has 0 spiro atoms. The highest BCUT2D eigenvalue weighted by Gasteiger charge is 2.36. The molecule has 1 unspecified atom stereocenters. The van der Waals surface area contributed by atoms with Gasteiger partial charge in [-0.1, -0.05) is 92.6 Å². The standard InChI is InChI=1S/C23H24/c1-2-3-12-18(17-10-4-5-11-17)23-21-15-8-6-13-19(21)20-14-7-9-16-22(20)23/h4-11,13-18,23H,2-3,12H2,1H3. The molecule has 2 aromatic carbocycles. The van der Waals surface area contributed by atoms with E-state index in [4.69, 9.17) is 0 Å². The van der Waals surface area contributed by atoms with E-state index in [9.17, 15) is 0 Å². The van der Waals surface area contributed by atoms with Gasteiger partial charge >= 0.3 is 0 Å². The molecule has 0 aliphatic heterocycles. The number of fused-ring (bicyclic) bond motifs is 3. The molecule has 0 N–H and O–H groups in total. The van der Waals surface area contributed by atoms with Gasteiger partial charge in [0, 0.05) is 5.92 Å². The molecule has 0 radical (unpaired) electrons. The van der Waals surface area contributed by atoms with Crippen molar-refractivity contribution in [3.8, 4) is 11.1 Å². The minimum atomic E-state index is 0.534. The predicted octanol–water partition coefficient (Wildman–Crippen LogP) is 6.35. The molecule has 116 valence electrons. The largest absolute Gasteiger partial charge is 0.0773 e. The minimum absolute atomic E-state index is 0.534. The predicted molar refractivity (Wildman–Crippen MR) is 98.5 cm³/mol. The van der Waals surface area contributed by atoms with Gasteiger partial charge < -0.3 is 0 Å². The molecule has 2 aliphatic rings. The molecule has 2 aliphatic carbocycles. The third-order valence-electron chi connectivity index (χ3n) is 5.47. The number of unbranched alkanes of at least 4 members (excludes halogenated alkanes) is 1. The molecule has 0 aromatic heterocycles. The Morgan fingerprint density at radius 1 is 0.826 bits per heavy atom. The Hall–Kier alpha value is -2.08. The number of benzene rings is 2. The van der Waals surface area contributed by atoms with Crippen LogP contribution in [0.4, 0.5) is 0 Å². The van der Waals surface area contributed by atoms with Gasteiger partial charge in [0.1, 0.15) is 0 Å². The zero-order valence-electron chi connectivity index (χ0n) is 13.8. The Labute approximate surface area is 139 Å². The summed E-state index contributed by atoms with van der Waals surface area (Å²) in [4.78, 5) is 0. The highest BCUT2D eigenvalue weighted by molar-refractivity contribution is 5.79. The molecule has 0 heteroatoms. The van der Waals surface area contributed by atoms with Crippen LogP contribution in [0, 0.1) is 11.8 Å². The SMILES string of the molecule is CCCCC(C1C=CC=C1)C1c2ccccc2-c2ccccc21. The van der Waals surface area contributed by atoms with Gasteiger partial charge in [0.05, 0.1) is 0 Å². The van der Waals surface area contributed by atoms with Gasteiger partial charge in [0.15, 0.2) is 0 Å². The average Bonchev–Trinajstić information content (AvgIpc) is 3.23. The van der Waals surface area contributed by atoms with Gasteiger partial charge in [-0.2, -0.15) is 0 Å². The van der Waals surface area contributed by atoms with Crippen molar-refractivity contribution in [3.05, 3.63) is 84.0 Å². The Kier molecular flexibility index (Phi) is 3.91. The van der Waals surface area contributed by atoms with E-state index in [-0.39, 0.29) is 0 Å². The molecule has 0 amide bonds. The Bertz CT molecular complexity index is 693. The first-order valence-electron chi connectivity index (χ1n) is 8.93. The highest BCUT2D eigenvalue weighted by Crippen LogP contribution is 2.51. The fourth-order valence-corrected chi connectivity index (χ4v) is 4.41. The van der Waals surface area contributed by atoms with Crippen molar-refractivity contribution in [1.82, 2.24) is 0 Å². The quantitative estimate of drug-likeness (QED) is 0.603. The Morgan fingerprint density at radius 2 is 1.39 bits per heavy atom. The van der Waals surface area contributed by atoms with E-state index in [0.717, 1.165) is 0 Å². The molecule has 2 aromatic rings. The monoisotopic (exact) mass is 300 g/mol. The maximum atomic E-state index is 2.39. The van der Waals surface area contributed by atoms with Crippen LogP contribution in [0.5, 0.6) is 0 Å². The fourth-order valence-electron chi connectivity index (χ4n) is 4.41. The van der Waals surface area contributed by atoms with Gasteiger partial charge in [-0.25, -0.2) is 0 Å². The molecule has 0 fully saturated rings. The fraction of sp³-hybridized carbons (Fsp3) is 0.304. The Morgan fingerprint density at radius 3 is 1.96 bits per heavy atom. The van der Waals surface area contributed by atoms with E-state index in [1.165, 1.54) is 41.5 Å². The van der Waals surface area contributed by atoms with Crippen LogP contribution in [-0.4, -0.2) is 0 Å². The van der Waals surface area contributed by atoms with Gasteiger partial charge in [0.25, 0.3) is 0 Å². The van der Waals surface area contributed by atoms with Crippen LogP contribution < -0.4 is 0 Å². The zero-order valence-corrected chi connectivity index (χ0v) is 13.8. The maximum absolute atomic E-state index is 2.39. The average molecular weight is 300 g/mol. The van der Waals surface area contributed by atoms with Crippen molar-refractivity contribution in [1.29, 1.82) is 0 Å². The molecule has 0 saturated heterocycles. The lowest BCUT2D eigenvalue weighted by Crippen LogP contribution is -2.19. The third-order valence-corrected chi connectivity index (χ3v) is 5.47. The number of hydrogen-bond donors (Lipinski definition) is 0. The van der Waals surface area contributed by atoms with E-state index in [1.54, 1.807) is 0 Å². The van der Waals surface area contributed by atoms with Gasteiger partial charge in [-0.05, 0) is 40.5 Å². The van der Waals surface area contributed by atoms with Gasteiger partial charge in [-0.3, -0.25) is 0 Å². The third kappa shape index (κ3) is 2.47. The van der Waals surface area contributed by atoms with Crippen LogP contribution >= 0.6 is 0 Å². The summed E-state index contributed by atoms with van der Waals surface area (Å²) in [5.74, 6) is 1.77. The van der Waals surface area contributed by atoms with Crippen molar-refractivity contribution >= 4 is 0 Å². The highest BCUT2D eigenvalue weighted by atomic mass is 14.4. The lowest BCUT2D eigenvalue weighted by Gasteiger charge is -2.29. The second-order valence-electron chi connectivity index (χ2n) is 6.81. The van der Waals surface area contributed by atoms with Crippen LogP contribution in [-0.2, 0) is 0 Å². The zero-order chi connectivity index (χ0) is 15.6. The summed E-state index contributed by atoms with van der Waals surface area (Å²) in [5.41, 5.74) is 5.95. The summed E-state index contributed by atoms with van der Waals surface area (Å²) < 4.78 is 0. The molecular formula is C23H24. The van der Waals surface area contributed by atoms with Crippen molar-refractivity contribution in [3.63, 3.8) is 0 Å². The van der Waals surface area contributed by atoms with Gasteiger partial charge in [0.2, 0.25) is 0 Å². The topological polar surface area (TPSA) is 0 Å². The van der Waals surface area contributed by atoms with E-state index in [2.05, 4.69) is 79.8 Å². The molecule has 0 heterocycles. The summed E-state index contributed by atoms with van der Waals surface area (Å²) in [6.45, 7) is 2.30. The summed E-state index contributed by atoms with van der Waals surface area (Å²) >= 11 is 0. The molecule has 23 heavy (non-hydrogen) atoms. The van der Waals surface area contributed by atoms with E-state index < -0.39 is 0 Å². The van der Waals surface area contributed by atoms with Crippen LogP contribution in [0.3, 0.4) is 0 Å². The maximum Gasteiger partial charge on any atom is 0.0138 e. The second-order valence-corrected chi connectivity index (χ2v) is 6.81. The molecular weight excluding hydrogens is 276 g/mol. The van der Waals surface area contributed by atoms with Crippen LogP contribution in [0.15, 0.2) is 72.8 Å². The molecule has 4 rings (SSSR count). The van der Waals surface area contributed by atoms with Crippen molar-refractivity contribution in [2.24, 2.45) is 11.8 Å². The normalized spacial score (nSPS) is 17.4. The van der Waals surface area contributed by atoms with Crippen molar-refractivity contribution in [2.45, 2.75) is 32.1 Å². The summed E-state index contributed by atoms with van der Waals surface area (Å²) in [6.07, 6.45) is 13.1. The number of allylic oxidation sites excluding steroid dienone is 4. The number of hydrogen-bond acceptors (Lipinski definition) is 0. The second kappa shape index (κ2) is 6.20. The lowest BCUT2D eigenvalue weighted by atomic mass is 9.74. The summed E-state index contributed by atoms with van der Waals surface area (Å²) in [7, 11) is 0. The Balaban J connectivity index is 1.81. The first kappa shape index (κ1) is 14.5. The summed E-state index contributed by atoms with van der Waals surface area (Å²) in [5, 5.41) is 0. The molecule has 0 bridgehead atoms. The molecule has 0 nitrogen and oxygen atoms in total. The van der Waals surface area contributed by atoms with Crippen LogP contribution in [0.1, 0.15) is 43.2 Å². The smallest absolute Gasteiger partial charge is 0.0138 e. The van der Waals surface area contributed by atoms with Crippen molar-refractivity contribution < 1.29 is 0 Å². The van der Waals surface area contributed by atoms with E-state index in [0.29, 0.717) is 17.8 Å². The molecule has 1 atom stereocenters. The summed E-state index contributed by atoms with van der Waals surface area (Å²) in [6, 6.07) is 18.0.